The van der Waals surface area contributed by atoms with Crippen LogP contribution >= 0.6 is 0 Å². The lowest BCUT2D eigenvalue weighted by Gasteiger charge is -2.24. The van der Waals surface area contributed by atoms with Gasteiger partial charge in [-0.25, -0.2) is 0 Å². The predicted molar refractivity (Wildman–Crippen MR) is 32.1 cm³/mol. The maximum absolute atomic E-state index is 4.69. The highest BCUT2D eigenvalue weighted by Crippen LogP contribution is 2.16. The van der Waals surface area contributed by atoms with Crippen LogP contribution in [0.25, 0.3) is 0 Å². The van der Waals surface area contributed by atoms with Crippen LogP contribution in [0.3, 0.4) is 0 Å². The average molecular weight is 124 g/mol. The van der Waals surface area contributed by atoms with Crippen molar-refractivity contribution in [1.82, 2.24) is 10.5 Å². The standard InChI is InChI=1S/C6H8N2O/c1-2-9-8-6(1)5-3-7-4-5/h1-2,5,7H,3-4H2. The highest BCUT2D eigenvalue weighted by atomic mass is 16.5. The zero-order valence-corrected chi connectivity index (χ0v) is 5.00. The van der Waals surface area contributed by atoms with E-state index in [0.29, 0.717) is 5.92 Å². The second kappa shape index (κ2) is 1.84. The van der Waals surface area contributed by atoms with Crippen molar-refractivity contribution in [3.63, 3.8) is 0 Å². The molecule has 0 atom stereocenters. The molecule has 0 aromatic carbocycles. The fourth-order valence-electron chi connectivity index (χ4n) is 0.930. The van der Waals surface area contributed by atoms with Crippen LogP contribution in [0.1, 0.15) is 11.6 Å². The average Bonchev–Trinajstić information content (AvgIpc) is 2.11. The van der Waals surface area contributed by atoms with Crippen LogP contribution in [0.15, 0.2) is 16.9 Å². The van der Waals surface area contributed by atoms with Gasteiger partial charge in [-0.2, -0.15) is 0 Å². The van der Waals surface area contributed by atoms with Gasteiger partial charge >= 0.3 is 0 Å². The second-order valence-corrected chi connectivity index (χ2v) is 2.28. The molecule has 3 nitrogen and oxygen atoms in total. The van der Waals surface area contributed by atoms with Crippen LogP contribution in [0.5, 0.6) is 0 Å². The van der Waals surface area contributed by atoms with Crippen molar-refractivity contribution in [1.29, 1.82) is 0 Å². The number of rotatable bonds is 1. The lowest BCUT2D eigenvalue weighted by atomic mass is 10.0. The maximum Gasteiger partial charge on any atom is 0.124 e. The highest BCUT2D eigenvalue weighted by molar-refractivity contribution is 5.09. The van der Waals surface area contributed by atoms with Crippen molar-refractivity contribution in [2.24, 2.45) is 0 Å². The molecule has 48 valence electrons. The number of hydrogen-bond donors (Lipinski definition) is 1. The molecule has 9 heavy (non-hydrogen) atoms. The minimum absolute atomic E-state index is 0.601. The smallest absolute Gasteiger partial charge is 0.124 e. The molecule has 2 rings (SSSR count). The first-order valence-electron chi connectivity index (χ1n) is 3.08. The summed E-state index contributed by atoms with van der Waals surface area (Å²) in [4.78, 5) is 0. The van der Waals surface area contributed by atoms with Gasteiger partial charge in [-0.15, -0.1) is 0 Å². The second-order valence-electron chi connectivity index (χ2n) is 2.28. The Morgan fingerprint density at radius 1 is 1.67 bits per heavy atom. The lowest BCUT2D eigenvalue weighted by molar-refractivity contribution is 0.377. The number of aromatic nitrogens is 1. The molecule has 3 heteroatoms. The van der Waals surface area contributed by atoms with Crippen LogP contribution in [0.2, 0.25) is 0 Å². The quantitative estimate of drug-likeness (QED) is 0.587. The van der Waals surface area contributed by atoms with Crippen molar-refractivity contribution in [3.8, 4) is 0 Å². The molecule has 1 aromatic heterocycles. The molecule has 0 radical (unpaired) electrons. The molecule has 1 aliphatic rings. The summed E-state index contributed by atoms with van der Waals surface area (Å²) >= 11 is 0. The van der Waals surface area contributed by atoms with Gasteiger partial charge in [-0.1, -0.05) is 5.16 Å². The van der Waals surface area contributed by atoms with Gasteiger partial charge in [0.25, 0.3) is 0 Å². The van der Waals surface area contributed by atoms with Crippen molar-refractivity contribution in [3.05, 3.63) is 18.0 Å². The zero-order valence-electron chi connectivity index (χ0n) is 5.00. The third-order valence-electron chi connectivity index (χ3n) is 1.66. The first-order valence-corrected chi connectivity index (χ1v) is 3.08. The van der Waals surface area contributed by atoms with E-state index >= 15 is 0 Å². The Kier molecular flexibility index (Phi) is 1.02. The number of hydrogen-bond acceptors (Lipinski definition) is 3. The molecule has 0 unspecified atom stereocenters. The minimum atomic E-state index is 0.601. The summed E-state index contributed by atoms with van der Waals surface area (Å²) in [6.45, 7) is 2.10. The van der Waals surface area contributed by atoms with E-state index in [9.17, 15) is 0 Å². The van der Waals surface area contributed by atoms with Gasteiger partial charge in [0.15, 0.2) is 0 Å². The van der Waals surface area contributed by atoms with E-state index < -0.39 is 0 Å². The normalized spacial score (nSPS) is 19.6. The predicted octanol–water partition coefficient (Wildman–Crippen LogP) is 0.361. The fraction of sp³-hybridized carbons (Fsp3) is 0.500. The molecule has 1 saturated heterocycles. The summed E-state index contributed by atoms with van der Waals surface area (Å²) in [5, 5.41) is 6.99. The van der Waals surface area contributed by atoms with Gasteiger partial charge in [0, 0.05) is 25.1 Å². The van der Waals surface area contributed by atoms with Gasteiger partial charge in [0.2, 0.25) is 0 Å². The Morgan fingerprint density at radius 2 is 2.56 bits per heavy atom. The lowest BCUT2D eigenvalue weighted by Crippen LogP contribution is -2.39. The monoisotopic (exact) mass is 124 g/mol. The number of nitrogens with zero attached hydrogens (tertiary/aromatic N) is 1. The Bertz CT molecular complexity index is 179. The molecule has 1 aromatic rings. The van der Waals surface area contributed by atoms with Crippen LogP contribution < -0.4 is 5.32 Å². The molecule has 0 amide bonds. The van der Waals surface area contributed by atoms with Crippen molar-refractivity contribution in [2.75, 3.05) is 13.1 Å². The van der Waals surface area contributed by atoms with E-state index in [1.807, 2.05) is 6.07 Å². The molecule has 1 N–H and O–H groups in total. The molecular formula is C6H8N2O. The third-order valence-corrected chi connectivity index (χ3v) is 1.66. The summed E-state index contributed by atoms with van der Waals surface area (Å²) in [6, 6.07) is 1.92. The van der Waals surface area contributed by atoms with Crippen LogP contribution in [0, 0.1) is 0 Å². The molecular weight excluding hydrogens is 116 g/mol. The Labute approximate surface area is 53.0 Å². The van der Waals surface area contributed by atoms with E-state index in [0.717, 1.165) is 18.8 Å². The summed E-state index contributed by atoms with van der Waals surface area (Å²) in [7, 11) is 0. The van der Waals surface area contributed by atoms with Gasteiger partial charge in [0.1, 0.15) is 6.26 Å². The van der Waals surface area contributed by atoms with E-state index in [-0.39, 0.29) is 0 Å². The molecule has 1 aliphatic heterocycles. The van der Waals surface area contributed by atoms with Crippen molar-refractivity contribution in [2.45, 2.75) is 5.92 Å². The summed E-state index contributed by atoms with van der Waals surface area (Å²) in [6.07, 6.45) is 1.62. The topological polar surface area (TPSA) is 38.1 Å². The van der Waals surface area contributed by atoms with Crippen LogP contribution in [-0.4, -0.2) is 18.2 Å². The Hall–Kier alpha value is -0.830. The minimum Gasteiger partial charge on any atom is -0.364 e. The van der Waals surface area contributed by atoms with Gasteiger partial charge in [-0.05, 0) is 0 Å². The van der Waals surface area contributed by atoms with E-state index in [1.165, 1.54) is 0 Å². The summed E-state index contributed by atoms with van der Waals surface area (Å²) in [5.74, 6) is 0.601. The highest BCUT2D eigenvalue weighted by Gasteiger charge is 2.20. The van der Waals surface area contributed by atoms with Gasteiger partial charge in [-0.3, -0.25) is 0 Å². The molecule has 0 bridgehead atoms. The first-order chi connectivity index (χ1) is 4.47. The zero-order chi connectivity index (χ0) is 6.10. The summed E-state index contributed by atoms with van der Waals surface area (Å²) in [5.41, 5.74) is 1.08. The summed E-state index contributed by atoms with van der Waals surface area (Å²) < 4.78 is 4.69. The Balaban J connectivity index is 2.14. The van der Waals surface area contributed by atoms with Crippen molar-refractivity contribution >= 4 is 0 Å². The van der Waals surface area contributed by atoms with Crippen LogP contribution in [-0.2, 0) is 0 Å². The van der Waals surface area contributed by atoms with Gasteiger partial charge in [0.05, 0.1) is 5.69 Å². The molecule has 0 spiro atoms. The Morgan fingerprint density at radius 3 is 3.00 bits per heavy atom. The molecule has 0 saturated carbocycles. The van der Waals surface area contributed by atoms with Crippen LogP contribution in [0.4, 0.5) is 0 Å². The SMILES string of the molecule is c1cc(C2CNC2)no1. The molecule has 0 aliphatic carbocycles. The fourth-order valence-corrected chi connectivity index (χ4v) is 0.930. The molecule has 1 fully saturated rings. The first kappa shape index (κ1) is 4.99. The van der Waals surface area contributed by atoms with E-state index in [2.05, 4.69) is 10.5 Å². The maximum atomic E-state index is 4.69. The van der Waals surface area contributed by atoms with Crippen molar-refractivity contribution < 1.29 is 4.52 Å². The third kappa shape index (κ3) is 0.733. The van der Waals surface area contributed by atoms with E-state index in [4.69, 9.17) is 4.52 Å². The largest absolute Gasteiger partial charge is 0.364 e. The molecule has 2 heterocycles. The number of nitrogens with one attached hydrogen (secondary N) is 1. The van der Waals surface area contributed by atoms with E-state index in [1.54, 1.807) is 6.26 Å². The van der Waals surface area contributed by atoms with Gasteiger partial charge < -0.3 is 9.84 Å².